The van der Waals surface area contributed by atoms with Crippen LogP contribution in [0.1, 0.15) is 18.4 Å². The Labute approximate surface area is 189 Å². The molecule has 0 bridgehead atoms. The van der Waals surface area contributed by atoms with Gasteiger partial charge in [0.15, 0.2) is 0 Å². The zero-order valence-electron chi connectivity index (χ0n) is 18.1. The highest BCUT2D eigenvalue weighted by molar-refractivity contribution is 8.03. The SMILES string of the molecule is CNc1ccccc1C/C=C/C1=C(N)C(=C/C=C/C=C2\Sc3ccccc3N2C)/CC1. The Kier molecular flexibility index (Phi) is 6.68. The first-order chi connectivity index (χ1) is 15.2. The van der Waals surface area contributed by atoms with Gasteiger partial charge in [0.05, 0.1) is 10.7 Å². The summed E-state index contributed by atoms with van der Waals surface area (Å²) in [5, 5.41) is 4.48. The molecule has 2 aromatic carbocycles. The van der Waals surface area contributed by atoms with E-state index in [0.29, 0.717) is 0 Å². The maximum atomic E-state index is 6.43. The summed E-state index contributed by atoms with van der Waals surface area (Å²) in [6.07, 6.45) is 15.8. The van der Waals surface area contributed by atoms with Gasteiger partial charge in [-0.05, 0) is 60.2 Å². The normalized spacial score (nSPS) is 18.8. The van der Waals surface area contributed by atoms with Crippen LogP contribution in [-0.2, 0) is 6.42 Å². The molecule has 1 aliphatic heterocycles. The molecule has 4 rings (SSSR count). The highest BCUT2D eigenvalue weighted by Gasteiger charge is 2.20. The number of allylic oxidation sites excluding steroid dienone is 8. The average molecular weight is 428 g/mol. The number of nitrogens with one attached hydrogen (secondary N) is 1. The van der Waals surface area contributed by atoms with Gasteiger partial charge in [-0.25, -0.2) is 0 Å². The van der Waals surface area contributed by atoms with Crippen LogP contribution in [0.3, 0.4) is 0 Å². The molecule has 0 saturated heterocycles. The van der Waals surface area contributed by atoms with Crippen molar-refractivity contribution in [2.75, 3.05) is 24.3 Å². The summed E-state index contributed by atoms with van der Waals surface area (Å²) in [6, 6.07) is 16.9. The van der Waals surface area contributed by atoms with Crippen molar-refractivity contribution < 1.29 is 0 Å². The first kappa shape index (κ1) is 21.1. The minimum Gasteiger partial charge on any atom is -0.398 e. The van der Waals surface area contributed by atoms with Crippen molar-refractivity contribution in [3.05, 3.63) is 112 Å². The third kappa shape index (κ3) is 4.80. The first-order valence-corrected chi connectivity index (χ1v) is 11.5. The van der Waals surface area contributed by atoms with Crippen molar-refractivity contribution in [2.24, 2.45) is 5.73 Å². The molecular formula is C27H29N3S. The Balaban J connectivity index is 1.38. The molecule has 0 aromatic heterocycles. The Morgan fingerprint density at radius 3 is 2.65 bits per heavy atom. The van der Waals surface area contributed by atoms with Gasteiger partial charge in [-0.3, -0.25) is 0 Å². The van der Waals surface area contributed by atoms with Gasteiger partial charge in [0.25, 0.3) is 0 Å². The second-order valence-electron chi connectivity index (χ2n) is 7.66. The van der Waals surface area contributed by atoms with Crippen molar-refractivity contribution in [3.8, 4) is 0 Å². The van der Waals surface area contributed by atoms with Crippen LogP contribution in [0.2, 0.25) is 0 Å². The topological polar surface area (TPSA) is 41.3 Å². The molecule has 2 aromatic rings. The van der Waals surface area contributed by atoms with Crippen molar-refractivity contribution in [1.29, 1.82) is 0 Å². The van der Waals surface area contributed by atoms with E-state index in [1.165, 1.54) is 38.0 Å². The predicted molar refractivity (Wildman–Crippen MR) is 135 cm³/mol. The third-order valence-corrected chi connectivity index (χ3v) is 6.90. The van der Waals surface area contributed by atoms with E-state index in [9.17, 15) is 0 Å². The van der Waals surface area contributed by atoms with Crippen molar-refractivity contribution in [1.82, 2.24) is 0 Å². The molecule has 2 aliphatic rings. The second kappa shape index (κ2) is 9.80. The van der Waals surface area contributed by atoms with Crippen molar-refractivity contribution in [2.45, 2.75) is 24.2 Å². The Bertz CT molecular complexity index is 1100. The minimum absolute atomic E-state index is 0.897. The largest absolute Gasteiger partial charge is 0.398 e. The Morgan fingerprint density at radius 2 is 1.81 bits per heavy atom. The molecule has 4 heteroatoms. The molecular weight excluding hydrogens is 398 g/mol. The summed E-state index contributed by atoms with van der Waals surface area (Å²) in [7, 11) is 4.07. The lowest BCUT2D eigenvalue weighted by Crippen LogP contribution is -2.08. The van der Waals surface area contributed by atoms with E-state index < -0.39 is 0 Å². The lowest BCUT2D eigenvalue weighted by molar-refractivity contribution is 1.03. The second-order valence-corrected chi connectivity index (χ2v) is 8.73. The molecule has 0 amide bonds. The van der Waals surface area contributed by atoms with E-state index in [4.69, 9.17) is 5.73 Å². The number of nitrogens with zero attached hydrogens (tertiary/aromatic N) is 1. The molecule has 3 N–H and O–H groups in total. The van der Waals surface area contributed by atoms with E-state index >= 15 is 0 Å². The summed E-state index contributed by atoms with van der Waals surface area (Å²) < 4.78 is 0. The summed E-state index contributed by atoms with van der Waals surface area (Å²) in [5.41, 5.74) is 13.6. The molecule has 0 fully saturated rings. The zero-order valence-corrected chi connectivity index (χ0v) is 19.0. The molecule has 31 heavy (non-hydrogen) atoms. The lowest BCUT2D eigenvalue weighted by Gasteiger charge is -2.12. The number of anilines is 2. The van der Waals surface area contributed by atoms with Crippen LogP contribution >= 0.6 is 11.8 Å². The fraction of sp³-hybridized carbons (Fsp3) is 0.185. The van der Waals surface area contributed by atoms with E-state index in [1.54, 1.807) is 11.8 Å². The van der Waals surface area contributed by atoms with Gasteiger partial charge in [-0.1, -0.05) is 72.5 Å². The number of fused-ring (bicyclic) bond motifs is 1. The van der Waals surface area contributed by atoms with Crippen molar-refractivity contribution in [3.63, 3.8) is 0 Å². The minimum atomic E-state index is 0.897. The van der Waals surface area contributed by atoms with Crippen LogP contribution < -0.4 is 16.0 Å². The molecule has 0 atom stereocenters. The first-order valence-electron chi connectivity index (χ1n) is 10.7. The molecule has 0 radical (unpaired) electrons. The maximum Gasteiger partial charge on any atom is 0.0798 e. The molecule has 0 unspecified atom stereocenters. The molecule has 158 valence electrons. The van der Waals surface area contributed by atoms with Gasteiger partial charge in [0, 0.05) is 30.4 Å². The van der Waals surface area contributed by atoms with E-state index in [1.807, 2.05) is 7.05 Å². The Morgan fingerprint density at radius 1 is 1.03 bits per heavy atom. The summed E-state index contributed by atoms with van der Waals surface area (Å²) in [5.74, 6) is 0. The third-order valence-electron chi connectivity index (χ3n) is 5.72. The van der Waals surface area contributed by atoms with Gasteiger partial charge in [0.2, 0.25) is 0 Å². The fourth-order valence-corrected chi connectivity index (χ4v) is 5.00. The Hall–Kier alpha value is -3.11. The lowest BCUT2D eigenvalue weighted by atomic mass is 10.1. The number of benzene rings is 2. The molecule has 1 aliphatic carbocycles. The number of para-hydroxylation sites is 2. The van der Waals surface area contributed by atoms with E-state index in [-0.39, 0.29) is 0 Å². The zero-order chi connectivity index (χ0) is 21.6. The predicted octanol–water partition coefficient (Wildman–Crippen LogP) is 6.40. The van der Waals surface area contributed by atoms with E-state index in [2.05, 4.69) is 102 Å². The van der Waals surface area contributed by atoms with Crippen LogP contribution in [0.15, 0.2) is 112 Å². The van der Waals surface area contributed by atoms with Crippen LogP contribution in [-0.4, -0.2) is 14.1 Å². The summed E-state index contributed by atoms with van der Waals surface area (Å²) in [4.78, 5) is 3.54. The number of hydrogen-bond acceptors (Lipinski definition) is 4. The summed E-state index contributed by atoms with van der Waals surface area (Å²) in [6.45, 7) is 0. The number of hydrogen-bond donors (Lipinski definition) is 2. The van der Waals surface area contributed by atoms with Gasteiger partial charge in [-0.2, -0.15) is 0 Å². The average Bonchev–Trinajstić information content (AvgIpc) is 3.31. The smallest absolute Gasteiger partial charge is 0.0798 e. The molecule has 0 spiro atoms. The van der Waals surface area contributed by atoms with Gasteiger partial charge >= 0.3 is 0 Å². The standard InChI is InChI=1S/C27H29N3S/c1-29-23-14-5-3-10-20(23)12-9-13-22-19-18-21(27(22)28)11-4-8-17-26-30(2)24-15-6-7-16-25(24)31-26/h3-11,13-17,29H,12,18-19,28H2,1-2H3/b8-4+,13-9+,21-11+,26-17-. The van der Waals surface area contributed by atoms with Crippen LogP contribution in [0.4, 0.5) is 11.4 Å². The number of rotatable bonds is 6. The van der Waals surface area contributed by atoms with Gasteiger partial charge in [0.1, 0.15) is 0 Å². The quantitative estimate of drug-likeness (QED) is 0.560. The van der Waals surface area contributed by atoms with Crippen LogP contribution in [0, 0.1) is 0 Å². The monoisotopic (exact) mass is 427 g/mol. The fourth-order valence-electron chi connectivity index (χ4n) is 3.94. The van der Waals surface area contributed by atoms with Crippen LogP contribution in [0.5, 0.6) is 0 Å². The summed E-state index contributed by atoms with van der Waals surface area (Å²) >= 11 is 1.81. The highest BCUT2D eigenvalue weighted by Crippen LogP contribution is 2.44. The number of thioether (sulfide) groups is 1. The molecule has 1 heterocycles. The van der Waals surface area contributed by atoms with Gasteiger partial charge < -0.3 is 16.0 Å². The van der Waals surface area contributed by atoms with Gasteiger partial charge in [-0.15, -0.1) is 0 Å². The van der Waals surface area contributed by atoms with Crippen molar-refractivity contribution >= 4 is 23.1 Å². The number of nitrogens with two attached hydrogens (primary N) is 1. The maximum absolute atomic E-state index is 6.43. The van der Waals surface area contributed by atoms with Crippen LogP contribution in [0.25, 0.3) is 0 Å². The van der Waals surface area contributed by atoms with E-state index in [0.717, 1.165) is 25.0 Å². The molecule has 0 saturated carbocycles. The molecule has 3 nitrogen and oxygen atoms in total. The highest BCUT2D eigenvalue weighted by atomic mass is 32.2.